The smallest absolute Gasteiger partial charge is 0.293 e. The van der Waals surface area contributed by atoms with Crippen LogP contribution in [-0.4, -0.2) is 44.3 Å². The molecule has 0 spiro atoms. The Bertz CT molecular complexity index is 1160. The number of aromatic nitrogens is 4. The summed E-state index contributed by atoms with van der Waals surface area (Å²) in [7, 11) is 1.41. The van der Waals surface area contributed by atoms with Gasteiger partial charge >= 0.3 is 0 Å². The molecule has 0 atom stereocenters. The van der Waals surface area contributed by atoms with Gasteiger partial charge in [0.2, 0.25) is 0 Å². The number of hydrazone groups is 1. The van der Waals surface area contributed by atoms with Crippen molar-refractivity contribution in [2.45, 2.75) is 6.92 Å². The lowest BCUT2D eigenvalue weighted by atomic mass is 10.1. The summed E-state index contributed by atoms with van der Waals surface area (Å²) in [5.41, 5.74) is 1.22. The van der Waals surface area contributed by atoms with Crippen LogP contribution in [0.25, 0.3) is 17.4 Å². The summed E-state index contributed by atoms with van der Waals surface area (Å²) in [6.07, 6.45) is 1.54. The number of benzene rings is 1. The van der Waals surface area contributed by atoms with Crippen LogP contribution in [0.3, 0.4) is 0 Å². The number of methoxy groups -OCH3 is 1. The van der Waals surface area contributed by atoms with Gasteiger partial charge < -0.3 is 9.15 Å². The first-order valence-electron chi connectivity index (χ1n) is 8.25. The number of carbonyl (C=O) groups excluding carboxylic acids is 1. The molecule has 0 bridgehead atoms. The van der Waals surface area contributed by atoms with Crippen molar-refractivity contribution in [1.82, 2.24) is 20.6 Å². The molecule has 29 heavy (non-hydrogen) atoms. The van der Waals surface area contributed by atoms with Gasteiger partial charge in [-0.15, -0.1) is 5.10 Å². The van der Waals surface area contributed by atoms with E-state index in [0.29, 0.717) is 34.1 Å². The van der Waals surface area contributed by atoms with Gasteiger partial charge in [-0.05, 0) is 36.4 Å². The number of tetrazole rings is 1. The number of nitrogens with one attached hydrogen (secondary N) is 1. The van der Waals surface area contributed by atoms with Crippen molar-refractivity contribution >= 4 is 29.3 Å². The van der Waals surface area contributed by atoms with Gasteiger partial charge in [-0.3, -0.25) is 14.9 Å². The van der Waals surface area contributed by atoms with Crippen LogP contribution in [-0.2, 0) is 4.79 Å². The van der Waals surface area contributed by atoms with E-state index in [1.807, 2.05) is 0 Å². The Morgan fingerprint density at radius 1 is 1.31 bits per heavy atom. The maximum Gasteiger partial charge on any atom is 0.293 e. The van der Waals surface area contributed by atoms with E-state index in [1.54, 1.807) is 25.1 Å². The number of carbonyl (C=O) groups is 1. The molecule has 0 aliphatic carbocycles. The second-order valence-corrected chi connectivity index (χ2v) is 5.92. The Morgan fingerprint density at radius 2 is 2.14 bits per heavy atom. The molecule has 4 rings (SSSR count). The molecular formula is C17H13N7O5. The van der Waals surface area contributed by atoms with Crippen LogP contribution in [0.2, 0.25) is 0 Å². The molecule has 1 N–H and O–H groups in total. The number of nitro benzene ring substituents is 1. The Morgan fingerprint density at radius 3 is 2.83 bits per heavy atom. The van der Waals surface area contributed by atoms with E-state index in [1.165, 1.54) is 25.3 Å². The zero-order valence-corrected chi connectivity index (χ0v) is 15.2. The fourth-order valence-corrected chi connectivity index (χ4v) is 2.78. The van der Waals surface area contributed by atoms with Gasteiger partial charge in [0.25, 0.3) is 17.5 Å². The number of anilines is 1. The normalized spacial score (nSPS) is 15.1. The third-order valence-electron chi connectivity index (χ3n) is 4.16. The van der Waals surface area contributed by atoms with E-state index in [2.05, 4.69) is 25.7 Å². The Labute approximate surface area is 162 Å². The van der Waals surface area contributed by atoms with Gasteiger partial charge in [-0.2, -0.15) is 15.3 Å². The third kappa shape index (κ3) is 3.22. The van der Waals surface area contributed by atoms with Crippen molar-refractivity contribution in [3.63, 3.8) is 0 Å². The molecule has 1 amide bonds. The maximum atomic E-state index is 12.6. The van der Waals surface area contributed by atoms with Crippen LogP contribution in [0.4, 0.5) is 11.6 Å². The van der Waals surface area contributed by atoms with E-state index in [9.17, 15) is 14.9 Å². The second-order valence-electron chi connectivity index (χ2n) is 5.92. The molecule has 1 aromatic carbocycles. The Balaban J connectivity index is 1.64. The summed E-state index contributed by atoms with van der Waals surface area (Å²) in [6, 6.07) is 7.56. The number of hydrogen-bond acceptors (Lipinski definition) is 9. The zero-order valence-electron chi connectivity index (χ0n) is 15.2. The lowest BCUT2D eigenvalue weighted by Crippen LogP contribution is -2.22. The molecular weight excluding hydrogens is 382 g/mol. The number of nitro groups is 1. The third-order valence-corrected chi connectivity index (χ3v) is 4.16. The average Bonchev–Trinajstić information content (AvgIpc) is 3.45. The number of non-ortho nitro benzene ring substituents is 1. The summed E-state index contributed by atoms with van der Waals surface area (Å²) in [6.45, 7) is 1.67. The highest BCUT2D eigenvalue weighted by Gasteiger charge is 2.31. The average molecular weight is 395 g/mol. The standard InChI is InChI=1S/C17H13N7O5/c1-9-13(16(25)23(20-9)17-18-21-22-19-17)8-11-4-6-14(29-11)12-5-3-10(24(26)27)7-15(12)28-2/h3-8H,1-2H3,(H,18,19,21,22)/b13-8+. The molecule has 12 nitrogen and oxygen atoms in total. The van der Waals surface area contributed by atoms with Gasteiger partial charge in [0.1, 0.15) is 17.3 Å². The van der Waals surface area contributed by atoms with Crippen molar-refractivity contribution in [2.24, 2.45) is 5.10 Å². The van der Waals surface area contributed by atoms with E-state index < -0.39 is 10.8 Å². The van der Waals surface area contributed by atoms with Gasteiger partial charge in [0.15, 0.2) is 0 Å². The molecule has 0 radical (unpaired) electrons. The lowest BCUT2D eigenvalue weighted by molar-refractivity contribution is -0.384. The predicted octanol–water partition coefficient (Wildman–Crippen LogP) is 2.18. The first-order valence-corrected chi connectivity index (χ1v) is 8.25. The second kappa shape index (κ2) is 6.99. The summed E-state index contributed by atoms with van der Waals surface area (Å²) in [5.74, 6) is 0.737. The SMILES string of the molecule is COc1cc([N+](=O)[O-])ccc1-c1ccc(/C=C2/C(=O)N(c3nn[nH]n3)N=C2C)o1. The number of amides is 1. The molecule has 0 unspecified atom stereocenters. The summed E-state index contributed by atoms with van der Waals surface area (Å²) < 4.78 is 11.0. The molecule has 3 aromatic rings. The zero-order chi connectivity index (χ0) is 20.5. The first-order chi connectivity index (χ1) is 14.0. The molecule has 1 aliphatic rings. The van der Waals surface area contributed by atoms with Crippen molar-refractivity contribution in [2.75, 3.05) is 12.1 Å². The number of ether oxygens (including phenoxy) is 1. The van der Waals surface area contributed by atoms with Crippen LogP contribution in [0.15, 0.2) is 45.4 Å². The molecule has 1 aliphatic heterocycles. The van der Waals surface area contributed by atoms with E-state index in [-0.39, 0.29) is 11.6 Å². The molecule has 3 heterocycles. The van der Waals surface area contributed by atoms with E-state index >= 15 is 0 Å². The number of rotatable bonds is 5. The van der Waals surface area contributed by atoms with Crippen LogP contribution in [0.1, 0.15) is 12.7 Å². The summed E-state index contributed by atoms with van der Waals surface area (Å²) in [5, 5.41) is 29.3. The van der Waals surface area contributed by atoms with Crippen molar-refractivity contribution in [3.05, 3.63) is 51.8 Å². The van der Waals surface area contributed by atoms with Gasteiger partial charge in [-0.25, -0.2) is 0 Å². The number of furan rings is 1. The topological polar surface area (TPSA) is 153 Å². The molecule has 2 aromatic heterocycles. The van der Waals surface area contributed by atoms with Crippen molar-refractivity contribution in [1.29, 1.82) is 0 Å². The van der Waals surface area contributed by atoms with Crippen LogP contribution in [0, 0.1) is 10.1 Å². The molecule has 0 saturated heterocycles. The van der Waals surface area contributed by atoms with Gasteiger partial charge in [0, 0.05) is 6.07 Å². The highest BCUT2D eigenvalue weighted by atomic mass is 16.6. The number of H-pyrrole nitrogens is 1. The first kappa shape index (κ1) is 18.0. The van der Waals surface area contributed by atoms with Crippen molar-refractivity contribution < 1.29 is 18.9 Å². The number of aromatic amines is 1. The van der Waals surface area contributed by atoms with Gasteiger partial charge in [-0.1, -0.05) is 5.10 Å². The van der Waals surface area contributed by atoms with Gasteiger partial charge in [0.05, 0.1) is 34.9 Å². The number of nitrogens with zero attached hydrogens (tertiary/aromatic N) is 6. The predicted molar refractivity (Wildman–Crippen MR) is 100 cm³/mol. The van der Waals surface area contributed by atoms with Crippen LogP contribution < -0.4 is 9.75 Å². The Kier molecular flexibility index (Phi) is 4.35. The minimum atomic E-state index is -0.506. The molecule has 12 heteroatoms. The van der Waals surface area contributed by atoms with Crippen LogP contribution in [0.5, 0.6) is 5.75 Å². The van der Waals surface area contributed by atoms with Crippen LogP contribution >= 0.6 is 0 Å². The lowest BCUT2D eigenvalue weighted by Gasteiger charge is -2.05. The molecule has 0 fully saturated rings. The minimum absolute atomic E-state index is 0.0356. The highest BCUT2D eigenvalue weighted by molar-refractivity contribution is 6.31. The highest BCUT2D eigenvalue weighted by Crippen LogP contribution is 2.35. The summed E-state index contributed by atoms with van der Waals surface area (Å²) in [4.78, 5) is 23.0. The van der Waals surface area contributed by atoms with E-state index in [0.717, 1.165) is 5.01 Å². The maximum absolute atomic E-state index is 12.6. The largest absolute Gasteiger partial charge is 0.496 e. The minimum Gasteiger partial charge on any atom is -0.496 e. The quantitative estimate of drug-likeness (QED) is 0.392. The molecule has 0 saturated carbocycles. The number of hydrogen-bond donors (Lipinski definition) is 1. The molecule has 146 valence electrons. The fourth-order valence-electron chi connectivity index (χ4n) is 2.78. The Hall–Kier alpha value is -4.35. The summed E-state index contributed by atoms with van der Waals surface area (Å²) >= 11 is 0. The van der Waals surface area contributed by atoms with Crippen molar-refractivity contribution in [3.8, 4) is 17.1 Å². The monoisotopic (exact) mass is 395 g/mol. The fraction of sp³-hybridized carbons (Fsp3) is 0.118. The van der Waals surface area contributed by atoms with E-state index in [4.69, 9.17) is 9.15 Å².